The van der Waals surface area contributed by atoms with Crippen LogP contribution in [0.25, 0.3) is 0 Å². The molecule has 2 N–H and O–H groups in total. The molecule has 1 aliphatic rings. The summed E-state index contributed by atoms with van der Waals surface area (Å²) in [6.45, 7) is 5.59. The van der Waals surface area contributed by atoms with Crippen molar-refractivity contribution in [1.82, 2.24) is 0 Å². The van der Waals surface area contributed by atoms with Gasteiger partial charge in [-0.1, -0.05) is 30.7 Å². The van der Waals surface area contributed by atoms with Crippen molar-refractivity contribution in [1.29, 1.82) is 0 Å². The van der Waals surface area contributed by atoms with Crippen LogP contribution in [-0.4, -0.2) is 17.6 Å². The number of rotatable bonds is 2. The first-order chi connectivity index (χ1) is 8.49. The summed E-state index contributed by atoms with van der Waals surface area (Å²) in [6, 6.07) is 6.33. The number of halogens is 1. The molecule has 1 aliphatic heterocycles. The summed E-state index contributed by atoms with van der Waals surface area (Å²) in [5, 5.41) is 0.680. The van der Waals surface area contributed by atoms with E-state index in [0.29, 0.717) is 22.0 Å². The Hall–Kier alpha value is -0.800. The van der Waals surface area contributed by atoms with Crippen LogP contribution in [0.3, 0.4) is 0 Å². The van der Waals surface area contributed by atoms with Crippen molar-refractivity contribution in [2.24, 2.45) is 11.7 Å². The monoisotopic (exact) mass is 282 g/mol. The van der Waals surface area contributed by atoms with Crippen molar-refractivity contribution >= 4 is 34.5 Å². The molecule has 2 rings (SSSR count). The fourth-order valence-electron chi connectivity index (χ4n) is 2.58. The van der Waals surface area contributed by atoms with Gasteiger partial charge in [0.05, 0.1) is 0 Å². The molecule has 0 aromatic heterocycles. The van der Waals surface area contributed by atoms with Gasteiger partial charge in [0.25, 0.3) is 0 Å². The molecular formula is C14H19ClN2S. The lowest BCUT2D eigenvalue weighted by Crippen LogP contribution is -2.42. The summed E-state index contributed by atoms with van der Waals surface area (Å²) < 4.78 is 0. The van der Waals surface area contributed by atoms with Gasteiger partial charge in [-0.15, -0.1) is 0 Å². The third kappa shape index (κ3) is 2.78. The summed E-state index contributed by atoms with van der Waals surface area (Å²) >= 11 is 11.2. The molecule has 0 spiro atoms. The first-order valence-electron chi connectivity index (χ1n) is 6.35. The van der Waals surface area contributed by atoms with Crippen LogP contribution in [0.2, 0.25) is 5.02 Å². The van der Waals surface area contributed by atoms with E-state index in [0.717, 1.165) is 17.8 Å². The number of hydrogen-bond acceptors (Lipinski definition) is 2. The fraction of sp³-hybridized carbons (Fsp3) is 0.500. The second-order valence-electron chi connectivity index (χ2n) is 5.21. The van der Waals surface area contributed by atoms with Gasteiger partial charge in [-0.2, -0.15) is 0 Å². The Balaban J connectivity index is 2.40. The molecule has 4 heteroatoms. The third-order valence-corrected chi connectivity index (χ3v) is 4.11. The van der Waals surface area contributed by atoms with E-state index in [1.54, 1.807) is 0 Å². The van der Waals surface area contributed by atoms with E-state index in [1.807, 2.05) is 18.2 Å². The van der Waals surface area contributed by atoms with Crippen LogP contribution in [0.5, 0.6) is 0 Å². The van der Waals surface area contributed by atoms with Crippen molar-refractivity contribution < 1.29 is 0 Å². The molecular weight excluding hydrogens is 264 g/mol. The smallest absolute Gasteiger partial charge is 0.106 e. The Kier molecular flexibility index (Phi) is 4.13. The summed E-state index contributed by atoms with van der Waals surface area (Å²) in [4.78, 5) is 2.82. The maximum atomic E-state index is 6.03. The van der Waals surface area contributed by atoms with Gasteiger partial charge < -0.3 is 10.6 Å². The molecule has 0 radical (unpaired) electrons. The zero-order valence-electron chi connectivity index (χ0n) is 10.8. The maximum Gasteiger partial charge on any atom is 0.106 e. The summed E-state index contributed by atoms with van der Waals surface area (Å²) in [6.07, 6.45) is 2.49. The highest BCUT2D eigenvalue weighted by molar-refractivity contribution is 7.80. The highest BCUT2D eigenvalue weighted by Gasteiger charge is 2.25. The minimum Gasteiger partial charge on any atom is -0.389 e. The second kappa shape index (κ2) is 5.45. The van der Waals surface area contributed by atoms with Crippen molar-refractivity contribution in [2.75, 3.05) is 11.4 Å². The van der Waals surface area contributed by atoms with E-state index in [1.165, 1.54) is 12.8 Å². The molecule has 0 saturated carbocycles. The van der Waals surface area contributed by atoms with E-state index >= 15 is 0 Å². The van der Waals surface area contributed by atoms with Gasteiger partial charge in [0, 0.05) is 28.9 Å². The van der Waals surface area contributed by atoms with Crippen LogP contribution in [0, 0.1) is 5.92 Å². The highest BCUT2D eigenvalue weighted by atomic mass is 35.5. The van der Waals surface area contributed by atoms with E-state index in [2.05, 4.69) is 18.7 Å². The number of thiocarbonyl (C=S) groups is 1. The number of nitrogens with zero attached hydrogens (tertiary/aromatic N) is 1. The fourth-order valence-corrected chi connectivity index (χ4v) is 2.92. The normalized spacial score (nSPS) is 24.1. The Morgan fingerprint density at radius 2 is 2.11 bits per heavy atom. The average Bonchev–Trinajstić information content (AvgIpc) is 2.32. The lowest BCUT2D eigenvalue weighted by Gasteiger charge is -2.39. The number of hydrogen-bond donors (Lipinski definition) is 1. The predicted molar refractivity (Wildman–Crippen MR) is 82.5 cm³/mol. The molecule has 0 aliphatic carbocycles. The van der Waals surface area contributed by atoms with Crippen LogP contribution in [-0.2, 0) is 0 Å². The van der Waals surface area contributed by atoms with Crippen molar-refractivity contribution in [3.63, 3.8) is 0 Å². The van der Waals surface area contributed by atoms with Gasteiger partial charge in [0.1, 0.15) is 4.99 Å². The Morgan fingerprint density at radius 1 is 1.39 bits per heavy atom. The SMILES string of the molecule is CC1CCC(C)N(c2ccc(Cl)cc2C(N)=S)C1. The molecule has 2 nitrogen and oxygen atoms in total. The third-order valence-electron chi connectivity index (χ3n) is 3.65. The quantitative estimate of drug-likeness (QED) is 0.841. The Morgan fingerprint density at radius 3 is 2.78 bits per heavy atom. The predicted octanol–water partition coefficient (Wildman–Crippen LogP) is 3.60. The second-order valence-corrected chi connectivity index (χ2v) is 6.09. The summed E-state index contributed by atoms with van der Waals surface area (Å²) in [7, 11) is 0. The van der Waals surface area contributed by atoms with E-state index in [-0.39, 0.29) is 0 Å². The summed E-state index contributed by atoms with van der Waals surface area (Å²) in [5.74, 6) is 0.705. The average molecular weight is 283 g/mol. The molecule has 1 saturated heterocycles. The van der Waals surface area contributed by atoms with Crippen molar-refractivity contribution in [3.8, 4) is 0 Å². The molecule has 1 aromatic rings. The standard InChI is InChI=1S/C14H19ClN2S/c1-9-3-4-10(2)17(8-9)13-6-5-11(15)7-12(13)14(16)18/h5-7,9-10H,3-4,8H2,1-2H3,(H2,16,18). The molecule has 98 valence electrons. The van der Waals surface area contributed by atoms with Crippen molar-refractivity contribution in [3.05, 3.63) is 28.8 Å². The van der Waals surface area contributed by atoms with E-state index in [4.69, 9.17) is 29.6 Å². The molecule has 2 unspecified atom stereocenters. The minimum atomic E-state index is 0.415. The van der Waals surface area contributed by atoms with E-state index in [9.17, 15) is 0 Å². The molecule has 0 bridgehead atoms. The van der Waals surface area contributed by atoms with Crippen LogP contribution in [0.1, 0.15) is 32.3 Å². The molecule has 1 fully saturated rings. The van der Waals surface area contributed by atoms with Gasteiger partial charge >= 0.3 is 0 Å². The zero-order valence-corrected chi connectivity index (χ0v) is 12.4. The molecule has 1 heterocycles. The maximum absolute atomic E-state index is 6.03. The van der Waals surface area contributed by atoms with Crippen LogP contribution in [0.15, 0.2) is 18.2 Å². The van der Waals surface area contributed by atoms with Crippen molar-refractivity contribution in [2.45, 2.75) is 32.7 Å². The number of piperidine rings is 1. The van der Waals surface area contributed by atoms with Gasteiger partial charge in [-0.25, -0.2) is 0 Å². The molecule has 18 heavy (non-hydrogen) atoms. The number of anilines is 1. The topological polar surface area (TPSA) is 29.3 Å². The minimum absolute atomic E-state index is 0.415. The molecule has 0 amide bonds. The first kappa shape index (κ1) is 13.6. The van der Waals surface area contributed by atoms with Gasteiger partial charge in [0.15, 0.2) is 0 Å². The largest absolute Gasteiger partial charge is 0.389 e. The van der Waals surface area contributed by atoms with Gasteiger partial charge in [-0.3, -0.25) is 0 Å². The highest BCUT2D eigenvalue weighted by Crippen LogP contribution is 2.31. The van der Waals surface area contributed by atoms with Crippen LogP contribution >= 0.6 is 23.8 Å². The van der Waals surface area contributed by atoms with E-state index < -0.39 is 0 Å². The van der Waals surface area contributed by atoms with Gasteiger partial charge in [-0.05, 0) is 43.9 Å². The first-order valence-corrected chi connectivity index (χ1v) is 7.13. The Bertz CT molecular complexity index is 461. The Labute approximate surface area is 119 Å². The molecule has 1 aromatic carbocycles. The molecule has 2 atom stereocenters. The van der Waals surface area contributed by atoms with Crippen LogP contribution < -0.4 is 10.6 Å². The lowest BCUT2D eigenvalue weighted by atomic mass is 9.94. The lowest BCUT2D eigenvalue weighted by molar-refractivity contribution is 0.390. The number of nitrogens with two attached hydrogens (primary N) is 1. The zero-order chi connectivity index (χ0) is 13.3. The number of benzene rings is 1. The van der Waals surface area contributed by atoms with Crippen LogP contribution in [0.4, 0.5) is 5.69 Å². The summed E-state index contributed by atoms with van der Waals surface area (Å²) in [5.41, 5.74) is 7.82. The van der Waals surface area contributed by atoms with Gasteiger partial charge in [0.2, 0.25) is 0 Å².